The van der Waals surface area contributed by atoms with Crippen LogP contribution in [0.2, 0.25) is 5.02 Å². The van der Waals surface area contributed by atoms with Crippen LogP contribution in [0.25, 0.3) is 0 Å². The van der Waals surface area contributed by atoms with Crippen molar-refractivity contribution in [2.75, 3.05) is 38.6 Å². The van der Waals surface area contributed by atoms with Crippen LogP contribution in [-0.2, 0) is 5.41 Å². The summed E-state index contributed by atoms with van der Waals surface area (Å²) in [6, 6.07) is 15.6. The van der Waals surface area contributed by atoms with E-state index in [0.29, 0.717) is 25.2 Å². The molecule has 0 unspecified atom stereocenters. The molecule has 1 heterocycles. The van der Waals surface area contributed by atoms with Crippen molar-refractivity contribution in [3.63, 3.8) is 0 Å². The molecule has 2 fully saturated rings. The predicted molar refractivity (Wildman–Crippen MR) is 136 cm³/mol. The molecule has 2 aromatic carbocycles. The molecule has 8 heteroatoms. The Morgan fingerprint density at radius 3 is 2.36 bits per heavy atom. The minimum Gasteiger partial charge on any atom is -0.345 e. The van der Waals surface area contributed by atoms with Gasteiger partial charge in [0.25, 0.3) is 5.91 Å². The summed E-state index contributed by atoms with van der Waals surface area (Å²) in [5.41, 5.74) is 8.82. The summed E-state index contributed by atoms with van der Waals surface area (Å²) in [6.07, 6.45) is 3.75. The molecular formula is C25H32Cl2N4O2. The number of rotatable bonds is 5. The number of benzene rings is 2. The first-order valence-electron chi connectivity index (χ1n) is 11.2. The summed E-state index contributed by atoms with van der Waals surface area (Å²) in [5.74, 6) is -0.0452. The Bertz CT molecular complexity index is 988. The maximum atomic E-state index is 13.2. The second-order valence-electron chi connectivity index (χ2n) is 9.10. The molecule has 1 aliphatic carbocycles. The molecule has 4 rings (SSSR count). The Labute approximate surface area is 207 Å². The van der Waals surface area contributed by atoms with E-state index in [-0.39, 0.29) is 35.8 Å². The molecule has 3 amide bonds. The van der Waals surface area contributed by atoms with Crippen molar-refractivity contribution in [2.24, 2.45) is 5.73 Å². The number of urea groups is 1. The maximum Gasteiger partial charge on any atom is 0.324 e. The lowest BCUT2D eigenvalue weighted by molar-refractivity contribution is 0.0827. The third-order valence-electron chi connectivity index (χ3n) is 7.05. The summed E-state index contributed by atoms with van der Waals surface area (Å²) in [7, 11) is 3.46. The number of carbonyl (C=O) groups is 2. The van der Waals surface area contributed by atoms with Crippen molar-refractivity contribution in [1.29, 1.82) is 0 Å². The maximum absolute atomic E-state index is 13.2. The van der Waals surface area contributed by atoms with Crippen molar-refractivity contribution in [3.05, 3.63) is 64.7 Å². The van der Waals surface area contributed by atoms with Crippen LogP contribution in [0, 0.1) is 0 Å². The quantitative estimate of drug-likeness (QED) is 0.668. The highest BCUT2D eigenvalue weighted by Gasteiger charge is 2.41. The SMILES string of the molecule is CN(C)C(=O)c1ccc(N2CCN([C@H]3CC[C@](CN)(c4cccc(Cl)c4)CC3)C2=O)cc1.Cl. The fourth-order valence-corrected chi connectivity index (χ4v) is 5.26. The van der Waals surface area contributed by atoms with Crippen molar-refractivity contribution in [2.45, 2.75) is 37.1 Å². The average molecular weight is 491 g/mol. The average Bonchev–Trinajstić information content (AvgIpc) is 3.20. The highest BCUT2D eigenvalue weighted by Crippen LogP contribution is 2.41. The lowest BCUT2D eigenvalue weighted by Crippen LogP contribution is -2.46. The van der Waals surface area contributed by atoms with Crippen molar-refractivity contribution < 1.29 is 9.59 Å². The Hall–Kier alpha value is -2.28. The smallest absolute Gasteiger partial charge is 0.324 e. The first kappa shape index (κ1) is 25.3. The van der Waals surface area contributed by atoms with E-state index < -0.39 is 0 Å². The zero-order valence-corrected chi connectivity index (χ0v) is 20.7. The zero-order valence-electron chi connectivity index (χ0n) is 19.2. The van der Waals surface area contributed by atoms with E-state index in [1.807, 2.05) is 40.1 Å². The summed E-state index contributed by atoms with van der Waals surface area (Å²) in [4.78, 5) is 30.7. The Morgan fingerprint density at radius 2 is 1.79 bits per heavy atom. The van der Waals surface area contributed by atoms with Crippen LogP contribution in [0.15, 0.2) is 48.5 Å². The lowest BCUT2D eigenvalue weighted by atomic mass is 9.68. The van der Waals surface area contributed by atoms with Gasteiger partial charge in [-0.2, -0.15) is 0 Å². The molecule has 0 atom stereocenters. The van der Waals surface area contributed by atoms with Gasteiger partial charge in [-0.1, -0.05) is 23.7 Å². The fraction of sp³-hybridized carbons (Fsp3) is 0.440. The predicted octanol–water partition coefficient (Wildman–Crippen LogP) is 4.54. The van der Waals surface area contributed by atoms with Crippen LogP contribution in [0.5, 0.6) is 0 Å². The lowest BCUT2D eigenvalue weighted by Gasteiger charge is -2.42. The molecule has 0 spiro atoms. The number of amides is 3. The van der Waals surface area contributed by atoms with Crippen molar-refractivity contribution >= 4 is 41.6 Å². The number of nitrogens with zero attached hydrogens (tertiary/aromatic N) is 3. The fourth-order valence-electron chi connectivity index (χ4n) is 5.07. The van der Waals surface area contributed by atoms with Gasteiger partial charge < -0.3 is 15.5 Å². The molecular weight excluding hydrogens is 459 g/mol. The van der Waals surface area contributed by atoms with Crippen LogP contribution < -0.4 is 10.6 Å². The Morgan fingerprint density at radius 1 is 1.12 bits per heavy atom. The van der Waals surface area contributed by atoms with Gasteiger partial charge in [0.15, 0.2) is 0 Å². The van der Waals surface area contributed by atoms with E-state index in [1.165, 1.54) is 5.56 Å². The van der Waals surface area contributed by atoms with Gasteiger partial charge in [-0.3, -0.25) is 9.69 Å². The third-order valence-corrected chi connectivity index (χ3v) is 7.29. The number of hydrogen-bond donors (Lipinski definition) is 1. The second-order valence-corrected chi connectivity index (χ2v) is 9.54. The van der Waals surface area contributed by atoms with E-state index in [2.05, 4.69) is 6.07 Å². The van der Waals surface area contributed by atoms with Crippen molar-refractivity contribution in [1.82, 2.24) is 9.80 Å². The second kappa shape index (κ2) is 10.3. The van der Waals surface area contributed by atoms with Gasteiger partial charge >= 0.3 is 6.03 Å². The van der Waals surface area contributed by atoms with Crippen molar-refractivity contribution in [3.8, 4) is 0 Å². The molecule has 33 heavy (non-hydrogen) atoms. The zero-order chi connectivity index (χ0) is 22.9. The molecule has 6 nitrogen and oxygen atoms in total. The van der Waals surface area contributed by atoms with Crippen LogP contribution in [0.3, 0.4) is 0 Å². The number of hydrogen-bond acceptors (Lipinski definition) is 3. The monoisotopic (exact) mass is 490 g/mol. The molecule has 0 radical (unpaired) electrons. The molecule has 0 aromatic heterocycles. The van der Waals surface area contributed by atoms with Gasteiger partial charge in [-0.15, -0.1) is 12.4 Å². The van der Waals surface area contributed by atoms with Crippen LogP contribution in [-0.4, -0.2) is 61.5 Å². The summed E-state index contributed by atoms with van der Waals surface area (Å²) < 4.78 is 0. The summed E-state index contributed by atoms with van der Waals surface area (Å²) in [5, 5.41) is 0.737. The van der Waals surface area contributed by atoms with Gasteiger partial charge in [-0.25, -0.2) is 4.79 Å². The molecule has 1 saturated heterocycles. The van der Waals surface area contributed by atoms with Gasteiger partial charge in [-0.05, 0) is 67.6 Å². The summed E-state index contributed by atoms with van der Waals surface area (Å²) >= 11 is 6.23. The highest BCUT2D eigenvalue weighted by molar-refractivity contribution is 6.30. The molecule has 0 bridgehead atoms. The first-order valence-corrected chi connectivity index (χ1v) is 11.6. The summed E-state index contributed by atoms with van der Waals surface area (Å²) in [6.45, 7) is 1.96. The van der Waals surface area contributed by atoms with Crippen LogP contribution in [0.1, 0.15) is 41.6 Å². The molecule has 2 N–H and O–H groups in total. The van der Waals surface area contributed by atoms with E-state index in [0.717, 1.165) is 36.4 Å². The van der Waals surface area contributed by atoms with E-state index in [9.17, 15) is 9.59 Å². The molecule has 178 valence electrons. The molecule has 1 aliphatic heterocycles. The van der Waals surface area contributed by atoms with Crippen LogP contribution in [0.4, 0.5) is 10.5 Å². The number of carbonyl (C=O) groups excluding carboxylic acids is 2. The van der Waals surface area contributed by atoms with Crippen LogP contribution >= 0.6 is 24.0 Å². The minimum absolute atomic E-state index is 0. The van der Waals surface area contributed by atoms with Gasteiger partial charge in [0.1, 0.15) is 0 Å². The normalized spacial score (nSPS) is 22.8. The minimum atomic E-state index is -0.0708. The third kappa shape index (κ3) is 4.98. The van der Waals surface area contributed by atoms with E-state index in [1.54, 1.807) is 31.1 Å². The van der Waals surface area contributed by atoms with Gasteiger partial charge in [0.2, 0.25) is 0 Å². The topological polar surface area (TPSA) is 69.9 Å². The number of halogens is 2. The molecule has 2 aliphatic rings. The standard InChI is InChI=1S/C25H31ClN4O2.ClH/c1-28(2)23(31)18-6-8-21(9-7-18)29-14-15-30(24(29)32)22-10-12-25(17-27,13-11-22)19-4-3-5-20(26)16-19;/h3-9,16,22H,10-15,17,27H2,1-2H3;1H/t22-,25-;. The molecule has 1 saturated carbocycles. The first-order chi connectivity index (χ1) is 15.3. The highest BCUT2D eigenvalue weighted by atomic mass is 35.5. The Kier molecular flexibility index (Phi) is 7.93. The number of anilines is 1. The van der Waals surface area contributed by atoms with Gasteiger partial charge in [0.05, 0.1) is 0 Å². The largest absolute Gasteiger partial charge is 0.345 e. The van der Waals surface area contributed by atoms with Gasteiger partial charge in [0, 0.05) is 61.5 Å². The number of nitrogens with two attached hydrogens (primary N) is 1. The van der Waals surface area contributed by atoms with E-state index in [4.69, 9.17) is 17.3 Å². The molecule has 2 aromatic rings. The Balaban J connectivity index is 0.00000306. The van der Waals surface area contributed by atoms with E-state index >= 15 is 0 Å².